The lowest BCUT2D eigenvalue weighted by Gasteiger charge is -2.09. The van der Waals surface area contributed by atoms with Gasteiger partial charge in [-0.25, -0.2) is 8.42 Å². The van der Waals surface area contributed by atoms with E-state index in [2.05, 4.69) is 20.2 Å². The van der Waals surface area contributed by atoms with Crippen LogP contribution in [0.15, 0.2) is 87.0 Å². The maximum absolute atomic E-state index is 12.6. The van der Waals surface area contributed by atoms with Gasteiger partial charge in [-0.15, -0.1) is 16.9 Å². The average molecular weight is 501 g/mol. The molecule has 0 aliphatic heterocycles. The summed E-state index contributed by atoms with van der Waals surface area (Å²) in [5.74, 6) is -0.266. The van der Waals surface area contributed by atoms with Crippen molar-refractivity contribution in [2.45, 2.75) is 9.79 Å². The molecule has 0 bridgehead atoms. The molecule has 3 aromatic carbocycles. The molecule has 0 saturated heterocycles. The van der Waals surface area contributed by atoms with Crippen molar-refractivity contribution in [2.24, 2.45) is 0 Å². The monoisotopic (exact) mass is 500 g/mol. The molecule has 0 spiro atoms. The van der Waals surface area contributed by atoms with E-state index in [1.54, 1.807) is 17.8 Å². The van der Waals surface area contributed by atoms with Crippen molar-refractivity contribution in [3.63, 3.8) is 0 Å². The van der Waals surface area contributed by atoms with Crippen LogP contribution >= 0.6 is 23.4 Å². The van der Waals surface area contributed by atoms with Gasteiger partial charge in [-0.1, -0.05) is 22.8 Å². The minimum atomic E-state index is -3.85. The number of halogens is 1. The Balaban J connectivity index is 1.47. The maximum Gasteiger partial charge on any atom is 0.322 e. The number of nitrogens with zero attached hydrogens (tertiary/aromatic N) is 2. The summed E-state index contributed by atoms with van der Waals surface area (Å²) < 4.78 is 33.1. The van der Waals surface area contributed by atoms with E-state index in [0.29, 0.717) is 5.02 Å². The molecular weight excluding hydrogens is 484 g/mol. The third kappa shape index (κ3) is 5.54. The number of aromatic nitrogens is 2. The summed E-state index contributed by atoms with van der Waals surface area (Å²) in [7, 11) is -3.85. The third-order valence-electron chi connectivity index (χ3n) is 4.48. The van der Waals surface area contributed by atoms with Crippen molar-refractivity contribution in [3.8, 4) is 11.5 Å². The van der Waals surface area contributed by atoms with Gasteiger partial charge in [-0.2, -0.15) is 0 Å². The van der Waals surface area contributed by atoms with E-state index in [1.165, 1.54) is 42.5 Å². The van der Waals surface area contributed by atoms with Gasteiger partial charge in [-0.3, -0.25) is 14.8 Å². The van der Waals surface area contributed by atoms with Crippen molar-refractivity contribution in [2.75, 3.05) is 16.3 Å². The Morgan fingerprint density at radius 3 is 2.42 bits per heavy atom. The molecule has 33 heavy (non-hydrogen) atoms. The molecule has 0 fully saturated rings. The molecule has 0 radical (unpaired) electrons. The summed E-state index contributed by atoms with van der Waals surface area (Å²) >= 11 is 7.43. The molecule has 0 unspecified atom stereocenters. The van der Waals surface area contributed by atoms with E-state index in [4.69, 9.17) is 16.0 Å². The molecule has 0 aliphatic rings. The van der Waals surface area contributed by atoms with Gasteiger partial charge in [-0.05, 0) is 73.0 Å². The fraction of sp³-hybridized carbons (Fsp3) is 0.0455. The zero-order valence-corrected chi connectivity index (χ0v) is 19.5. The fourth-order valence-electron chi connectivity index (χ4n) is 2.85. The summed E-state index contributed by atoms with van der Waals surface area (Å²) in [6, 6.07) is 19.3. The first kappa shape index (κ1) is 22.8. The summed E-state index contributed by atoms with van der Waals surface area (Å²) in [6.07, 6.45) is 1.98. The molecule has 0 aliphatic carbocycles. The van der Waals surface area contributed by atoms with Gasteiger partial charge in [0.25, 0.3) is 15.9 Å². The molecule has 1 aromatic heterocycles. The van der Waals surface area contributed by atoms with E-state index in [1.807, 2.05) is 30.5 Å². The van der Waals surface area contributed by atoms with Crippen LogP contribution in [0.3, 0.4) is 0 Å². The fourth-order valence-corrected chi connectivity index (χ4v) is 4.43. The smallest absolute Gasteiger partial charge is 0.322 e. The summed E-state index contributed by atoms with van der Waals surface area (Å²) in [6.45, 7) is 0. The standard InChI is InChI=1S/C22H17ClN4O4S2/c1-32-18-9-5-14(6-10-18)21-25-26-22(31-21)24-20(28)15-3-2-4-17(13-15)27-33(29,30)19-11-7-16(23)8-12-19/h2-13,27H,1H3,(H,24,26,28). The van der Waals surface area contributed by atoms with Crippen LogP contribution in [0.1, 0.15) is 10.4 Å². The zero-order valence-electron chi connectivity index (χ0n) is 17.2. The number of sulfonamides is 1. The van der Waals surface area contributed by atoms with E-state index in [9.17, 15) is 13.2 Å². The van der Waals surface area contributed by atoms with Crippen molar-refractivity contribution < 1.29 is 17.6 Å². The zero-order chi connectivity index (χ0) is 23.4. The first-order valence-corrected chi connectivity index (χ1v) is 12.6. The second kappa shape index (κ2) is 9.65. The number of carbonyl (C=O) groups excluding carboxylic acids is 1. The van der Waals surface area contributed by atoms with Gasteiger partial charge in [0.2, 0.25) is 5.89 Å². The predicted octanol–water partition coefficient (Wildman–Crippen LogP) is 5.17. The van der Waals surface area contributed by atoms with E-state index in [0.717, 1.165) is 10.5 Å². The first-order chi connectivity index (χ1) is 15.8. The molecule has 0 saturated carbocycles. The van der Waals surface area contributed by atoms with Gasteiger partial charge in [0.1, 0.15) is 0 Å². The molecule has 0 atom stereocenters. The topological polar surface area (TPSA) is 114 Å². The molecule has 2 N–H and O–H groups in total. The number of thioether (sulfide) groups is 1. The van der Waals surface area contributed by atoms with Crippen molar-refractivity contribution in [1.29, 1.82) is 0 Å². The molecule has 168 valence electrons. The third-order valence-corrected chi connectivity index (χ3v) is 6.88. The number of hydrogen-bond donors (Lipinski definition) is 2. The van der Waals surface area contributed by atoms with Crippen LogP contribution in [0.4, 0.5) is 11.7 Å². The number of benzene rings is 3. The molecule has 11 heteroatoms. The van der Waals surface area contributed by atoms with E-state index in [-0.39, 0.29) is 28.1 Å². The SMILES string of the molecule is CSc1ccc(-c2nnc(NC(=O)c3cccc(NS(=O)(=O)c4ccc(Cl)cc4)c3)o2)cc1. The van der Waals surface area contributed by atoms with Crippen molar-refractivity contribution in [3.05, 3.63) is 83.4 Å². The number of hydrogen-bond acceptors (Lipinski definition) is 7. The van der Waals surface area contributed by atoms with Crippen molar-refractivity contribution in [1.82, 2.24) is 10.2 Å². The number of anilines is 2. The lowest BCUT2D eigenvalue weighted by Crippen LogP contribution is -2.15. The Kier molecular flexibility index (Phi) is 6.68. The van der Waals surface area contributed by atoms with Crippen LogP contribution in [0, 0.1) is 0 Å². The number of rotatable bonds is 7. The average Bonchev–Trinajstić information content (AvgIpc) is 3.28. The van der Waals surface area contributed by atoms with Gasteiger partial charge >= 0.3 is 6.01 Å². The lowest BCUT2D eigenvalue weighted by atomic mass is 10.2. The highest BCUT2D eigenvalue weighted by Crippen LogP contribution is 2.24. The second-order valence-electron chi connectivity index (χ2n) is 6.74. The minimum absolute atomic E-state index is 0.0470. The second-order valence-corrected chi connectivity index (χ2v) is 9.73. The van der Waals surface area contributed by atoms with Crippen LogP contribution in [-0.2, 0) is 10.0 Å². The Bertz CT molecular complexity index is 1390. The summed E-state index contributed by atoms with van der Waals surface area (Å²) in [5, 5.41) is 10.8. The molecule has 4 rings (SSSR count). The van der Waals surface area contributed by atoms with Crippen LogP contribution in [0.25, 0.3) is 11.5 Å². The predicted molar refractivity (Wildman–Crippen MR) is 128 cm³/mol. The summed E-state index contributed by atoms with van der Waals surface area (Å²) in [4.78, 5) is 13.8. The van der Waals surface area contributed by atoms with Crippen LogP contribution in [0.5, 0.6) is 0 Å². The molecule has 4 aromatic rings. The van der Waals surface area contributed by atoms with Crippen LogP contribution in [-0.4, -0.2) is 30.8 Å². The highest BCUT2D eigenvalue weighted by molar-refractivity contribution is 7.98. The minimum Gasteiger partial charge on any atom is -0.403 e. The van der Waals surface area contributed by atoms with E-state index < -0.39 is 15.9 Å². The Hall–Kier alpha value is -3.34. The molecule has 1 heterocycles. The van der Waals surface area contributed by atoms with Crippen LogP contribution in [0.2, 0.25) is 5.02 Å². The van der Waals surface area contributed by atoms with Gasteiger partial charge in [0, 0.05) is 26.7 Å². The van der Waals surface area contributed by atoms with Gasteiger partial charge in [0.05, 0.1) is 4.90 Å². The molecule has 8 nitrogen and oxygen atoms in total. The number of amides is 1. The normalized spacial score (nSPS) is 11.2. The summed E-state index contributed by atoms with van der Waals surface area (Å²) in [5.41, 5.74) is 1.15. The quantitative estimate of drug-likeness (QED) is 0.336. The van der Waals surface area contributed by atoms with Gasteiger partial charge in [0.15, 0.2) is 0 Å². The Morgan fingerprint density at radius 1 is 1.00 bits per heavy atom. The Morgan fingerprint density at radius 2 is 1.73 bits per heavy atom. The van der Waals surface area contributed by atoms with Gasteiger partial charge < -0.3 is 4.42 Å². The highest BCUT2D eigenvalue weighted by atomic mass is 35.5. The Labute approximate surface area is 199 Å². The number of nitrogens with one attached hydrogen (secondary N) is 2. The highest BCUT2D eigenvalue weighted by Gasteiger charge is 2.17. The molecular formula is C22H17ClN4O4S2. The maximum atomic E-state index is 12.6. The van der Waals surface area contributed by atoms with Crippen LogP contribution < -0.4 is 10.0 Å². The first-order valence-electron chi connectivity index (χ1n) is 9.52. The van der Waals surface area contributed by atoms with E-state index >= 15 is 0 Å². The lowest BCUT2D eigenvalue weighted by molar-refractivity contribution is 0.102. The number of carbonyl (C=O) groups is 1. The largest absolute Gasteiger partial charge is 0.403 e. The molecule has 1 amide bonds. The van der Waals surface area contributed by atoms with Crippen molar-refractivity contribution >= 4 is 51.0 Å².